The molecular formula is C11H21NO3. The molecule has 88 valence electrons. The first-order valence-electron chi connectivity index (χ1n) is 5.41. The van der Waals surface area contributed by atoms with E-state index in [1.54, 1.807) is 0 Å². The van der Waals surface area contributed by atoms with E-state index in [2.05, 4.69) is 17.0 Å². The third-order valence-corrected chi connectivity index (χ3v) is 3.21. The van der Waals surface area contributed by atoms with Gasteiger partial charge in [0.2, 0.25) is 0 Å². The second-order valence-electron chi connectivity index (χ2n) is 5.03. The summed E-state index contributed by atoms with van der Waals surface area (Å²) in [6.07, 6.45) is 3.73. The number of hydrogen-bond acceptors (Lipinski definition) is 4. The number of methoxy groups -OCH3 is 1. The summed E-state index contributed by atoms with van der Waals surface area (Å²) in [5, 5.41) is 12.9. The Hall–Kier alpha value is -0.610. The first-order valence-corrected chi connectivity index (χ1v) is 5.41. The molecule has 4 heteroatoms. The molecule has 0 saturated heterocycles. The van der Waals surface area contributed by atoms with Crippen LogP contribution < -0.4 is 5.32 Å². The van der Waals surface area contributed by atoms with Crippen molar-refractivity contribution < 1.29 is 14.6 Å². The van der Waals surface area contributed by atoms with E-state index in [9.17, 15) is 9.90 Å². The van der Waals surface area contributed by atoms with E-state index >= 15 is 0 Å². The SMILES string of the molecule is COC(=O)C(C)(O)CNCC1(C)CCC1. The Kier molecular flexibility index (Phi) is 3.73. The Morgan fingerprint density at radius 1 is 1.60 bits per heavy atom. The zero-order valence-electron chi connectivity index (χ0n) is 9.80. The number of ether oxygens (including phenoxy) is 1. The third-order valence-electron chi connectivity index (χ3n) is 3.21. The summed E-state index contributed by atoms with van der Waals surface area (Å²) in [7, 11) is 1.28. The molecule has 0 aliphatic heterocycles. The molecule has 0 spiro atoms. The summed E-state index contributed by atoms with van der Waals surface area (Å²) in [5.41, 5.74) is -1.07. The number of nitrogens with one attached hydrogen (secondary N) is 1. The summed E-state index contributed by atoms with van der Waals surface area (Å²) < 4.78 is 4.51. The molecule has 1 atom stereocenters. The average molecular weight is 215 g/mol. The fourth-order valence-corrected chi connectivity index (χ4v) is 1.86. The van der Waals surface area contributed by atoms with Crippen molar-refractivity contribution in [3.63, 3.8) is 0 Å². The molecule has 1 rings (SSSR count). The minimum atomic E-state index is -1.42. The van der Waals surface area contributed by atoms with Crippen LogP contribution in [-0.2, 0) is 9.53 Å². The maximum absolute atomic E-state index is 11.2. The second-order valence-corrected chi connectivity index (χ2v) is 5.03. The standard InChI is InChI=1S/C11H21NO3/c1-10(5-4-6-10)7-12-8-11(2,14)9(13)15-3/h12,14H,4-8H2,1-3H3. The molecule has 0 bridgehead atoms. The zero-order valence-corrected chi connectivity index (χ0v) is 9.80. The maximum Gasteiger partial charge on any atom is 0.338 e. The number of esters is 1. The van der Waals surface area contributed by atoms with Gasteiger partial charge in [-0.25, -0.2) is 4.79 Å². The van der Waals surface area contributed by atoms with E-state index in [0.29, 0.717) is 5.41 Å². The van der Waals surface area contributed by atoms with Crippen LogP contribution in [0.5, 0.6) is 0 Å². The summed E-state index contributed by atoms with van der Waals surface area (Å²) in [6.45, 7) is 4.78. The molecule has 15 heavy (non-hydrogen) atoms. The smallest absolute Gasteiger partial charge is 0.338 e. The lowest BCUT2D eigenvalue weighted by Gasteiger charge is -2.39. The normalized spacial score (nSPS) is 22.7. The molecule has 0 aromatic heterocycles. The molecule has 1 unspecified atom stereocenters. The van der Waals surface area contributed by atoms with E-state index < -0.39 is 11.6 Å². The van der Waals surface area contributed by atoms with Crippen molar-refractivity contribution >= 4 is 5.97 Å². The van der Waals surface area contributed by atoms with Crippen LogP contribution in [0.3, 0.4) is 0 Å². The molecular weight excluding hydrogens is 194 g/mol. The van der Waals surface area contributed by atoms with E-state index in [1.165, 1.54) is 33.3 Å². The lowest BCUT2D eigenvalue weighted by molar-refractivity contribution is -0.160. The van der Waals surface area contributed by atoms with Gasteiger partial charge in [-0.1, -0.05) is 13.3 Å². The van der Waals surface area contributed by atoms with Gasteiger partial charge < -0.3 is 15.2 Å². The molecule has 1 fully saturated rings. The van der Waals surface area contributed by atoms with E-state index in [4.69, 9.17) is 0 Å². The summed E-state index contributed by atoms with van der Waals surface area (Å²) in [4.78, 5) is 11.2. The molecule has 0 amide bonds. The Bertz CT molecular complexity index is 234. The quantitative estimate of drug-likeness (QED) is 0.662. The average Bonchev–Trinajstić information content (AvgIpc) is 2.13. The van der Waals surface area contributed by atoms with Crippen molar-refractivity contribution in [1.29, 1.82) is 0 Å². The van der Waals surface area contributed by atoms with Crippen molar-refractivity contribution in [2.24, 2.45) is 5.41 Å². The zero-order chi connectivity index (χ0) is 11.5. The molecule has 1 saturated carbocycles. The molecule has 1 aliphatic rings. The van der Waals surface area contributed by atoms with Gasteiger partial charge in [0.05, 0.1) is 7.11 Å². The van der Waals surface area contributed by atoms with Crippen molar-refractivity contribution in [2.45, 2.75) is 38.7 Å². The largest absolute Gasteiger partial charge is 0.467 e. The monoisotopic (exact) mass is 215 g/mol. The predicted molar refractivity (Wildman–Crippen MR) is 57.5 cm³/mol. The van der Waals surface area contributed by atoms with E-state index in [1.807, 2.05) is 0 Å². The fraction of sp³-hybridized carbons (Fsp3) is 0.909. The molecule has 0 aromatic rings. The van der Waals surface area contributed by atoms with Gasteiger partial charge in [-0.15, -0.1) is 0 Å². The predicted octanol–water partition coefficient (Wildman–Crippen LogP) is 0.690. The van der Waals surface area contributed by atoms with Gasteiger partial charge in [0, 0.05) is 13.1 Å². The van der Waals surface area contributed by atoms with E-state index in [-0.39, 0.29) is 6.54 Å². The van der Waals surface area contributed by atoms with Crippen LogP contribution in [-0.4, -0.2) is 36.9 Å². The van der Waals surface area contributed by atoms with Crippen molar-refractivity contribution in [3.8, 4) is 0 Å². The molecule has 0 heterocycles. The fourth-order valence-electron chi connectivity index (χ4n) is 1.86. The highest BCUT2D eigenvalue weighted by Crippen LogP contribution is 2.39. The Labute approximate surface area is 91.0 Å². The number of carbonyl (C=O) groups is 1. The topological polar surface area (TPSA) is 58.6 Å². The molecule has 1 aliphatic carbocycles. The number of aliphatic hydroxyl groups is 1. The summed E-state index contributed by atoms with van der Waals surface area (Å²) in [5.74, 6) is -0.589. The Morgan fingerprint density at radius 2 is 2.20 bits per heavy atom. The molecule has 0 aromatic carbocycles. The van der Waals surface area contributed by atoms with Crippen molar-refractivity contribution in [2.75, 3.05) is 20.2 Å². The number of hydrogen-bond donors (Lipinski definition) is 2. The lowest BCUT2D eigenvalue weighted by Crippen LogP contribution is -2.48. The van der Waals surface area contributed by atoms with Gasteiger partial charge in [-0.2, -0.15) is 0 Å². The minimum Gasteiger partial charge on any atom is -0.467 e. The second kappa shape index (κ2) is 4.49. The third kappa shape index (κ3) is 3.18. The van der Waals surface area contributed by atoms with Crippen LogP contribution in [0.4, 0.5) is 0 Å². The highest BCUT2D eigenvalue weighted by molar-refractivity contribution is 5.78. The summed E-state index contributed by atoms with van der Waals surface area (Å²) >= 11 is 0. The van der Waals surface area contributed by atoms with Crippen LogP contribution in [0.15, 0.2) is 0 Å². The molecule has 4 nitrogen and oxygen atoms in total. The van der Waals surface area contributed by atoms with Crippen molar-refractivity contribution in [3.05, 3.63) is 0 Å². The lowest BCUT2D eigenvalue weighted by atomic mass is 9.70. The van der Waals surface area contributed by atoms with E-state index in [0.717, 1.165) is 6.54 Å². The molecule has 2 N–H and O–H groups in total. The van der Waals surface area contributed by atoms with Crippen LogP contribution in [0, 0.1) is 5.41 Å². The van der Waals surface area contributed by atoms with Crippen LogP contribution in [0.2, 0.25) is 0 Å². The van der Waals surface area contributed by atoms with Crippen molar-refractivity contribution in [1.82, 2.24) is 5.32 Å². The summed E-state index contributed by atoms with van der Waals surface area (Å²) in [6, 6.07) is 0. The van der Waals surface area contributed by atoms with Gasteiger partial charge in [0.15, 0.2) is 5.60 Å². The van der Waals surface area contributed by atoms with Crippen LogP contribution >= 0.6 is 0 Å². The van der Waals surface area contributed by atoms with Crippen LogP contribution in [0.25, 0.3) is 0 Å². The first-order chi connectivity index (χ1) is 6.90. The van der Waals surface area contributed by atoms with Gasteiger partial charge in [0.25, 0.3) is 0 Å². The highest BCUT2D eigenvalue weighted by atomic mass is 16.5. The first kappa shape index (κ1) is 12.5. The van der Waals surface area contributed by atoms with Gasteiger partial charge in [-0.05, 0) is 25.2 Å². The highest BCUT2D eigenvalue weighted by Gasteiger charge is 2.34. The van der Waals surface area contributed by atoms with Crippen LogP contribution in [0.1, 0.15) is 33.1 Å². The molecule has 0 radical (unpaired) electrons. The number of rotatable bonds is 5. The Morgan fingerprint density at radius 3 is 2.60 bits per heavy atom. The number of carbonyl (C=O) groups excluding carboxylic acids is 1. The Balaban J connectivity index is 2.26. The minimum absolute atomic E-state index is 0.245. The van der Waals surface area contributed by atoms with Gasteiger partial charge in [-0.3, -0.25) is 0 Å². The van der Waals surface area contributed by atoms with Gasteiger partial charge in [0.1, 0.15) is 0 Å². The maximum atomic E-state index is 11.2. The van der Waals surface area contributed by atoms with Gasteiger partial charge >= 0.3 is 5.97 Å².